The van der Waals surface area contributed by atoms with Gasteiger partial charge in [0.05, 0.1) is 0 Å². The topological polar surface area (TPSA) is 63.1 Å². The summed E-state index contributed by atoms with van der Waals surface area (Å²) in [5, 5.41) is 7.92. The van der Waals surface area contributed by atoms with Gasteiger partial charge in [0.1, 0.15) is 0 Å². The normalized spacial score (nSPS) is 11.0. The van der Waals surface area contributed by atoms with E-state index in [0.29, 0.717) is 0 Å². The fourth-order valence-corrected chi connectivity index (χ4v) is 2.43. The highest BCUT2D eigenvalue weighted by Gasteiger charge is 2.38. The van der Waals surface area contributed by atoms with Crippen LogP contribution in [0.25, 0.3) is 12.2 Å². The van der Waals surface area contributed by atoms with Crippen molar-refractivity contribution in [3.05, 3.63) is 94.5 Å². The Morgan fingerprint density at radius 1 is 1.00 bits per heavy atom. The summed E-state index contributed by atoms with van der Waals surface area (Å²) in [5.74, 6) is -2.76. The number of nitrogens with zero attached hydrogens (tertiary/aromatic N) is 2. The molecule has 0 bridgehead atoms. The molecule has 2 heterocycles. The molecule has 0 atom stereocenters. The first kappa shape index (κ1) is 22.1. The van der Waals surface area contributed by atoms with Crippen LogP contribution in [0.5, 0.6) is 0 Å². The number of benzene rings is 1. The minimum absolute atomic E-state index is 0.781. The van der Waals surface area contributed by atoms with E-state index in [1.165, 1.54) is 0 Å². The molecule has 1 aromatic carbocycles. The minimum Gasteiger partial charge on any atom is -0.475 e. The third kappa shape index (κ3) is 7.75. The van der Waals surface area contributed by atoms with E-state index in [4.69, 9.17) is 21.5 Å². The van der Waals surface area contributed by atoms with Crippen LogP contribution in [0.4, 0.5) is 13.2 Å². The third-order valence-electron chi connectivity index (χ3n) is 3.59. The smallest absolute Gasteiger partial charge is 0.475 e. The van der Waals surface area contributed by atoms with Crippen LogP contribution in [0.3, 0.4) is 0 Å². The van der Waals surface area contributed by atoms with E-state index in [2.05, 4.69) is 28.2 Å². The van der Waals surface area contributed by atoms with E-state index < -0.39 is 12.1 Å². The first-order valence-electron chi connectivity index (χ1n) is 8.31. The Bertz CT molecular complexity index is 977. The maximum atomic E-state index is 10.6. The van der Waals surface area contributed by atoms with Gasteiger partial charge in [0.15, 0.2) is 0 Å². The molecule has 0 aliphatic rings. The Hall–Kier alpha value is -3.19. The Balaban J connectivity index is 0.000000370. The minimum atomic E-state index is -5.08. The van der Waals surface area contributed by atoms with Gasteiger partial charge in [0.25, 0.3) is 0 Å². The van der Waals surface area contributed by atoms with E-state index in [1.807, 2.05) is 48.8 Å². The third-order valence-corrected chi connectivity index (χ3v) is 3.95. The zero-order valence-corrected chi connectivity index (χ0v) is 15.7. The molecule has 0 fully saturated rings. The number of alkyl halides is 3. The number of hydrogen-bond acceptors (Lipinski definition) is 3. The summed E-state index contributed by atoms with van der Waals surface area (Å²) in [7, 11) is 0. The van der Waals surface area contributed by atoms with Crippen molar-refractivity contribution in [2.45, 2.75) is 12.6 Å². The van der Waals surface area contributed by atoms with Crippen LogP contribution in [0, 0.1) is 0 Å². The van der Waals surface area contributed by atoms with Crippen molar-refractivity contribution in [1.82, 2.24) is 9.97 Å². The average Bonchev–Trinajstić information content (AvgIpc) is 2.69. The zero-order valence-electron chi connectivity index (χ0n) is 15.0. The molecule has 8 heteroatoms. The Morgan fingerprint density at radius 2 is 1.62 bits per heavy atom. The van der Waals surface area contributed by atoms with Crippen molar-refractivity contribution in [3.8, 4) is 0 Å². The van der Waals surface area contributed by atoms with Gasteiger partial charge >= 0.3 is 12.1 Å². The first-order chi connectivity index (χ1) is 13.8. The number of aliphatic carboxylic acids is 1. The SMILES string of the molecule is Clc1ccccc1Cc1cncc(C=Cc2ccncc2)c1.O=C(O)C(F)(F)F. The molecular formula is C21H16ClF3N2O2. The van der Waals surface area contributed by atoms with Crippen molar-refractivity contribution < 1.29 is 23.1 Å². The van der Waals surface area contributed by atoms with Gasteiger partial charge in [-0.15, -0.1) is 0 Å². The highest BCUT2D eigenvalue weighted by Crippen LogP contribution is 2.19. The molecule has 0 aliphatic carbocycles. The van der Waals surface area contributed by atoms with Gasteiger partial charge in [-0.1, -0.05) is 42.0 Å². The van der Waals surface area contributed by atoms with Gasteiger partial charge in [0.2, 0.25) is 0 Å². The van der Waals surface area contributed by atoms with Gasteiger partial charge in [-0.3, -0.25) is 9.97 Å². The lowest BCUT2D eigenvalue weighted by Gasteiger charge is -2.04. The summed E-state index contributed by atoms with van der Waals surface area (Å²) in [6.07, 6.45) is 7.11. The van der Waals surface area contributed by atoms with Crippen LogP contribution in [-0.2, 0) is 11.2 Å². The molecule has 0 unspecified atom stereocenters. The lowest BCUT2D eigenvalue weighted by Crippen LogP contribution is -2.21. The van der Waals surface area contributed by atoms with E-state index >= 15 is 0 Å². The molecule has 1 N–H and O–H groups in total. The summed E-state index contributed by atoms with van der Waals surface area (Å²) in [5.41, 5.74) is 4.44. The predicted molar refractivity (Wildman–Crippen MR) is 105 cm³/mol. The number of pyridine rings is 2. The van der Waals surface area contributed by atoms with Crippen LogP contribution in [0.15, 0.2) is 67.3 Å². The highest BCUT2D eigenvalue weighted by molar-refractivity contribution is 6.31. The molecule has 29 heavy (non-hydrogen) atoms. The van der Waals surface area contributed by atoms with Gasteiger partial charge in [0, 0.05) is 36.2 Å². The summed E-state index contributed by atoms with van der Waals surface area (Å²) < 4.78 is 31.7. The molecular weight excluding hydrogens is 405 g/mol. The predicted octanol–water partition coefficient (Wildman–Crippen LogP) is 5.52. The largest absolute Gasteiger partial charge is 0.490 e. The fourth-order valence-electron chi connectivity index (χ4n) is 2.22. The van der Waals surface area contributed by atoms with E-state index in [-0.39, 0.29) is 0 Å². The van der Waals surface area contributed by atoms with Crippen LogP contribution in [-0.4, -0.2) is 27.2 Å². The van der Waals surface area contributed by atoms with Crippen LogP contribution in [0.1, 0.15) is 22.3 Å². The van der Waals surface area contributed by atoms with Crippen molar-refractivity contribution in [2.24, 2.45) is 0 Å². The monoisotopic (exact) mass is 420 g/mol. The lowest BCUT2D eigenvalue weighted by molar-refractivity contribution is -0.192. The lowest BCUT2D eigenvalue weighted by atomic mass is 10.0. The second kappa shape index (κ2) is 10.4. The summed E-state index contributed by atoms with van der Waals surface area (Å²) >= 11 is 6.21. The quantitative estimate of drug-likeness (QED) is 0.603. The molecule has 0 radical (unpaired) electrons. The van der Waals surface area contributed by atoms with Gasteiger partial charge in [-0.2, -0.15) is 13.2 Å². The maximum absolute atomic E-state index is 10.6. The second-order valence-electron chi connectivity index (χ2n) is 5.81. The molecule has 4 nitrogen and oxygen atoms in total. The van der Waals surface area contributed by atoms with Crippen LogP contribution in [0.2, 0.25) is 5.02 Å². The maximum Gasteiger partial charge on any atom is 0.490 e. The average molecular weight is 421 g/mol. The first-order valence-corrected chi connectivity index (χ1v) is 8.69. The van der Waals surface area contributed by atoms with Gasteiger partial charge in [-0.25, -0.2) is 4.79 Å². The molecule has 2 aromatic heterocycles. The number of halogens is 4. The fraction of sp³-hybridized carbons (Fsp3) is 0.0952. The highest BCUT2D eigenvalue weighted by atomic mass is 35.5. The number of hydrogen-bond donors (Lipinski definition) is 1. The van der Waals surface area contributed by atoms with Gasteiger partial charge < -0.3 is 5.11 Å². The number of carboxylic acids is 1. The summed E-state index contributed by atoms with van der Waals surface area (Å²) in [4.78, 5) is 17.2. The number of carbonyl (C=O) groups is 1. The van der Waals surface area contributed by atoms with Crippen LogP contribution < -0.4 is 0 Å². The van der Waals surface area contributed by atoms with E-state index in [1.54, 1.807) is 12.4 Å². The van der Waals surface area contributed by atoms with Crippen LogP contribution >= 0.6 is 11.6 Å². The van der Waals surface area contributed by atoms with Gasteiger partial charge in [-0.05, 0) is 46.5 Å². The summed E-state index contributed by atoms with van der Waals surface area (Å²) in [6.45, 7) is 0. The molecule has 0 saturated carbocycles. The molecule has 150 valence electrons. The molecule has 0 amide bonds. The van der Waals surface area contributed by atoms with Crippen molar-refractivity contribution in [1.29, 1.82) is 0 Å². The van der Waals surface area contributed by atoms with Crippen molar-refractivity contribution in [2.75, 3.05) is 0 Å². The Kier molecular flexibility index (Phi) is 7.91. The number of aromatic nitrogens is 2. The number of rotatable bonds is 4. The molecule has 3 aromatic rings. The van der Waals surface area contributed by atoms with E-state index in [9.17, 15) is 13.2 Å². The summed E-state index contributed by atoms with van der Waals surface area (Å²) in [6, 6.07) is 14.0. The Morgan fingerprint density at radius 3 is 2.24 bits per heavy atom. The molecule has 0 spiro atoms. The second-order valence-corrected chi connectivity index (χ2v) is 6.22. The standard InChI is InChI=1S/C19H15ClN2.C2HF3O2/c20-19-4-2-1-3-18(19)12-17-11-16(13-22-14-17)6-5-15-7-9-21-10-8-15;3-2(4,5)1(6)7/h1-11,13-14H,12H2;(H,6,7). The van der Waals surface area contributed by atoms with Crippen molar-refractivity contribution in [3.63, 3.8) is 0 Å². The van der Waals surface area contributed by atoms with Crippen molar-refractivity contribution >= 4 is 29.7 Å². The molecule has 0 aliphatic heterocycles. The molecule has 0 saturated heterocycles. The zero-order chi connectivity index (χ0) is 21.3. The molecule has 3 rings (SSSR count). The number of carboxylic acid groups (broad SMARTS) is 1. The van der Waals surface area contributed by atoms with E-state index in [0.717, 1.165) is 33.7 Å². The Labute approximate surface area is 170 Å².